The molecule has 0 bridgehead atoms. The third kappa shape index (κ3) is 3.55. The van der Waals surface area contributed by atoms with Crippen molar-refractivity contribution in [3.63, 3.8) is 0 Å². The van der Waals surface area contributed by atoms with E-state index in [0.29, 0.717) is 29.0 Å². The summed E-state index contributed by atoms with van der Waals surface area (Å²) in [6, 6.07) is 6.87. The van der Waals surface area contributed by atoms with E-state index in [1.54, 1.807) is 24.3 Å². The molecule has 2 aromatic carbocycles. The van der Waals surface area contributed by atoms with E-state index in [-0.39, 0.29) is 17.1 Å². The number of benzene rings is 2. The molecule has 0 spiro atoms. The lowest BCUT2D eigenvalue weighted by Gasteiger charge is -2.19. The maximum atomic E-state index is 11.9. The van der Waals surface area contributed by atoms with Crippen molar-refractivity contribution in [1.82, 2.24) is 0 Å². The average molecular weight is 344 g/mol. The normalized spacial score (nSPS) is 10.6. The monoisotopic (exact) mass is 344 g/mol. The molecule has 0 unspecified atom stereocenters. The molecule has 2 rings (SSSR count). The highest BCUT2D eigenvalue weighted by Gasteiger charge is 2.25. The molecule has 2 aromatic rings. The van der Waals surface area contributed by atoms with Gasteiger partial charge in [-0.2, -0.15) is 0 Å². The Morgan fingerprint density at radius 3 is 2.16 bits per heavy atom. The van der Waals surface area contributed by atoms with Crippen LogP contribution in [0.15, 0.2) is 24.3 Å². The smallest absolute Gasteiger partial charge is 0.167 e. The van der Waals surface area contributed by atoms with Crippen molar-refractivity contribution >= 4 is 5.78 Å². The summed E-state index contributed by atoms with van der Waals surface area (Å²) in [5.41, 5.74) is 1.68. The largest absolute Gasteiger partial charge is 0.507 e. The van der Waals surface area contributed by atoms with Gasteiger partial charge in [0.15, 0.2) is 5.78 Å². The summed E-state index contributed by atoms with van der Waals surface area (Å²) in [4.78, 5) is 11.9. The van der Waals surface area contributed by atoms with Crippen LogP contribution in [0.3, 0.4) is 0 Å². The number of phenolic OH excluding ortho intramolecular Hbond substituents is 2. The molecule has 2 N–H and O–H groups in total. The average Bonchev–Trinajstić information content (AvgIpc) is 2.58. The Kier molecular flexibility index (Phi) is 5.91. The minimum atomic E-state index is -0.410. The van der Waals surface area contributed by atoms with E-state index in [1.165, 1.54) is 21.1 Å². The molecule has 0 atom stereocenters. The minimum Gasteiger partial charge on any atom is -0.507 e. The number of aryl methyl sites for hydroxylation is 1. The van der Waals surface area contributed by atoms with Crippen molar-refractivity contribution in [2.45, 2.75) is 33.1 Å². The van der Waals surface area contributed by atoms with E-state index in [2.05, 4.69) is 6.92 Å². The van der Waals surface area contributed by atoms with Gasteiger partial charge in [0, 0.05) is 5.56 Å². The lowest BCUT2D eigenvalue weighted by molar-refractivity contribution is 0.101. The molecule has 0 amide bonds. The molecular formula is C20H24O5. The summed E-state index contributed by atoms with van der Waals surface area (Å²) in [7, 11) is 3.07. The highest BCUT2D eigenvalue weighted by Crippen LogP contribution is 2.48. The van der Waals surface area contributed by atoms with Gasteiger partial charge in [0.25, 0.3) is 0 Å². The van der Waals surface area contributed by atoms with Crippen molar-refractivity contribution in [3.05, 3.63) is 35.4 Å². The summed E-state index contributed by atoms with van der Waals surface area (Å²) < 4.78 is 10.9. The van der Waals surface area contributed by atoms with E-state index in [0.717, 1.165) is 18.4 Å². The van der Waals surface area contributed by atoms with Gasteiger partial charge in [-0.1, -0.05) is 19.4 Å². The SMILES string of the molecule is CCCCc1cc(O)c(C(C)=O)c(O)c1-c1c(OC)cccc1OC. The number of carbonyl (C=O) groups is 1. The number of Topliss-reactive ketones (excluding diaryl/α,β-unsaturated/α-hetero) is 1. The molecular weight excluding hydrogens is 320 g/mol. The van der Waals surface area contributed by atoms with Gasteiger partial charge in [0.2, 0.25) is 0 Å². The Labute approximate surface area is 147 Å². The molecule has 5 heteroatoms. The Hall–Kier alpha value is -2.69. The van der Waals surface area contributed by atoms with Gasteiger partial charge in [-0.05, 0) is 43.5 Å². The van der Waals surface area contributed by atoms with Gasteiger partial charge in [-0.15, -0.1) is 0 Å². The standard InChI is InChI=1S/C20H24O5/c1-5-6-8-13-11-14(22)17(12(2)21)20(23)18(13)19-15(24-3)9-7-10-16(19)25-4/h7,9-11,22-23H,5-6,8H2,1-4H3. The molecule has 0 radical (unpaired) electrons. The first kappa shape index (κ1) is 18.6. The van der Waals surface area contributed by atoms with Crippen LogP contribution >= 0.6 is 0 Å². The number of unbranched alkanes of at least 4 members (excludes halogenated alkanes) is 1. The Bertz CT molecular complexity index is 758. The van der Waals surface area contributed by atoms with Crippen molar-refractivity contribution in [2.75, 3.05) is 14.2 Å². The number of aromatic hydroxyl groups is 2. The number of hydrogen-bond donors (Lipinski definition) is 2. The molecule has 0 saturated carbocycles. The van der Waals surface area contributed by atoms with Crippen LogP contribution in [-0.2, 0) is 6.42 Å². The molecule has 0 saturated heterocycles. The van der Waals surface area contributed by atoms with E-state index in [4.69, 9.17) is 9.47 Å². The fraction of sp³-hybridized carbons (Fsp3) is 0.350. The number of carbonyl (C=O) groups excluding carboxylic acids is 1. The van der Waals surface area contributed by atoms with Crippen LogP contribution in [0, 0.1) is 0 Å². The van der Waals surface area contributed by atoms with E-state index >= 15 is 0 Å². The molecule has 0 fully saturated rings. The van der Waals surface area contributed by atoms with Crippen LogP contribution in [0.4, 0.5) is 0 Å². The lowest BCUT2D eigenvalue weighted by Crippen LogP contribution is -2.02. The highest BCUT2D eigenvalue weighted by molar-refractivity contribution is 6.03. The van der Waals surface area contributed by atoms with Crippen LogP contribution in [-0.4, -0.2) is 30.2 Å². The minimum absolute atomic E-state index is 0.0943. The Balaban J connectivity index is 2.87. The number of phenols is 2. The summed E-state index contributed by atoms with van der Waals surface area (Å²) in [6.45, 7) is 3.37. The fourth-order valence-corrected chi connectivity index (χ4v) is 3.00. The van der Waals surface area contributed by atoms with Gasteiger partial charge in [-0.3, -0.25) is 4.79 Å². The van der Waals surface area contributed by atoms with Crippen LogP contribution in [0.2, 0.25) is 0 Å². The quantitative estimate of drug-likeness (QED) is 0.731. The Morgan fingerprint density at radius 1 is 1.08 bits per heavy atom. The van der Waals surface area contributed by atoms with Crippen molar-refractivity contribution < 1.29 is 24.5 Å². The van der Waals surface area contributed by atoms with Gasteiger partial charge in [-0.25, -0.2) is 0 Å². The predicted octanol–water partition coefficient (Wildman–Crippen LogP) is 4.33. The summed E-state index contributed by atoms with van der Waals surface area (Å²) >= 11 is 0. The lowest BCUT2D eigenvalue weighted by atomic mass is 9.90. The molecule has 0 aliphatic carbocycles. The van der Waals surface area contributed by atoms with Gasteiger partial charge in [0.1, 0.15) is 28.6 Å². The van der Waals surface area contributed by atoms with Gasteiger partial charge < -0.3 is 19.7 Å². The number of ketones is 1. The molecule has 0 aliphatic rings. The molecule has 0 aliphatic heterocycles. The third-order valence-electron chi connectivity index (χ3n) is 4.19. The van der Waals surface area contributed by atoms with Crippen molar-refractivity contribution in [2.24, 2.45) is 0 Å². The highest BCUT2D eigenvalue weighted by atomic mass is 16.5. The zero-order chi connectivity index (χ0) is 18.6. The van der Waals surface area contributed by atoms with Crippen LogP contribution in [0.5, 0.6) is 23.0 Å². The van der Waals surface area contributed by atoms with Gasteiger partial charge in [0.05, 0.1) is 19.8 Å². The van der Waals surface area contributed by atoms with Crippen molar-refractivity contribution in [3.8, 4) is 34.1 Å². The molecule has 25 heavy (non-hydrogen) atoms. The fourth-order valence-electron chi connectivity index (χ4n) is 3.00. The molecule has 0 aromatic heterocycles. The second kappa shape index (κ2) is 7.92. The summed E-state index contributed by atoms with van der Waals surface area (Å²) in [5.74, 6) is 0.169. The number of hydrogen-bond acceptors (Lipinski definition) is 5. The van der Waals surface area contributed by atoms with Crippen LogP contribution < -0.4 is 9.47 Å². The second-order valence-corrected chi connectivity index (χ2v) is 5.85. The number of ether oxygens (including phenoxy) is 2. The Morgan fingerprint density at radius 2 is 1.68 bits per heavy atom. The zero-order valence-corrected chi connectivity index (χ0v) is 15.0. The molecule has 134 valence electrons. The van der Waals surface area contributed by atoms with Crippen molar-refractivity contribution in [1.29, 1.82) is 0 Å². The van der Waals surface area contributed by atoms with Crippen LogP contribution in [0.1, 0.15) is 42.6 Å². The topological polar surface area (TPSA) is 76.0 Å². The third-order valence-corrected chi connectivity index (χ3v) is 4.19. The second-order valence-electron chi connectivity index (χ2n) is 5.85. The van der Waals surface area contributed by atoms with E-state index in [9.17, 15) is 15.0 Å². The zero-order valence-electron chi connectivity index (χ0n) is 15.0. The first-order valence-electron chi connectivity index (χ1n) is 8.26. The van der Waals surface area contributed by atoms with E-state index < -0.39 is 5.78 Å². The first-order chi connectivity index (χ1) is 12.0. The summed E-state index contributed by atoms with van der Waals surface area (Å²) in [5, 5.41) is 21.0. The number of rotatable bonds is 7. The van der Waals surface area contributed by atoms with Gasteiger partial charge >= 0.3 is 0 Å². The predicted molar refractivity (Wildman–Crippen MR) is 96.9 cm³/mol. The van der Waals surface area contributed by atoms with E-state index in [1.807, 2.05) is 0 Å². The molecule has 5 nitrogen and oxygen atoms in total. The maximum Gasteiger partial charge on any atom is 0.167 e. The maximum absolute atomic E-state index is 11.9. The first-order valence-corrected chi connectivity index (χ1v) is 8.26. The van der Waals surface area contributed by atoms with Crippen LogP contribution in [0.25, 0.3) is 11.1 Å². The molecule has 0 heterocycles. The number of methoxy groups -OCH3 is 2. The summed E-state index contributed by atoms with van der Waals surface area (Å²) in [6.07, 6.45) is 2.48.